The summed E-state index contributed by atoms with van der Waals surface area (Å²) in [5.74, 6) is -0.784. The van der Waals surface area contributed by atoms with Gasteiger partial charge in [-0.2, -0.15) is 4.68 Å². The van der Waals surface area contributed by atoms with E-state index in [0.717, 1.165) is 9.15 Å². The first-order valence-electron chi connectivity index (χ1n) is 5.95. The van der Waals surface area contributed by atoms with Crippen LogP contribution in [0, 0.1) is 0 Å². The average molecular weight is 340 g/mol. The van der Waals surface area contributed by atoms with Gasteiger partial charge in [0.05, 0.1) is 5.69 Å². The number of nitrogens with zero attached hydrogens (tertiary/aromatic N) is 2. The monoisotopic (exact) mass is 339 g/mol. The lowest BCUT2D eigenvalue weighted by Gasteiger charge is -2.18. The minimum Gasteiger partial charge on any atom is -0.454 e. The summed E-state index contributed by atoms with van der Waals surface area (Å²) in [5, 5.41) is 3.96. The molecule has 0 bridgehead atoms. The fourth-order valence-corrected chi connectivity index (χ4v) is 1.91. The van der Waals surface area contributed by atoms with Crippen LogP contribution >= 0.6 is 15.9 Å². The van der Waals surface area contributed by atoms with Gasteiger partial charge in [-0.1, -0.05) is 22.0 Å². The van der Waals surface area contributed by atoms with E-state index in [2.05, 4.69) is 26.0 Å². The molecule has 0 unspecified atom stereocenters. The predicted molar refractivity (Wildman–Crippen MR) is 77.1 cm³/mol. The standard InChI is InChI=1S/C13H14BrN3O3/c1-13(2,3)20-11(18)10-15-12(19)17(16-10)9-6-4-5-8(14)7-9/h4-7H,1-3H3,(H,15,16,19). The molecule has 1 heterocycles. The quantitative estimate of drug-likeness (QED) is 0.851. The summed E-state index contributed by atoms with van der Waals surface area (Å²) in [6, 6.07) is 7.04. The summed E-state index contributed by atoms with van der Waals surface area (Å²) >= 11 is 3.31. The maximum atomic E-state index is 11.8. The van der Waals surface area contributed by atoms with Crippen LogP contribution in [0.4, 0.5) is 0 Å². The number of hydrogen-bond donors (Lipinski definition) is 1. The van der Waals surface area contributed by atoms with Crippen LogP contribution in [0.1, 0.15) is 31.4 Å². The highest BCUT2D eigenvalue weighted by molar-refractivity contribution is 9.10. The molecular formula is C13H14BrN3O3. The molecule has 0 aliphatic rings. The highest BCUT2D eigenvalue weighted by Gasteiger charge is 2.22. The number of halogens is 1. The van der Waals surface area contributed by atoms with Gasteiger partial charge in [-0.05, 0) is 39.0 Å². The van der Waals surface area contributed by atoms with Crippen molar-refractivity contribution in [1.29, 1.82) is 0 Å². The van der Waals surface area contributed by atoms with Gasteiger partial charge in [-0.25, -0.2) is 9.59 Å². The summed E-state index contributed by atoms with van der Waals surface area (Å²) in [7, 11) is 0. The molecule has 0 radical (unpaired) electrons. The minimum absolute atomic E-state index is 0.120. The van der Waals surface area contributed by atoms with Gasteiger partial charge in [0, 0.05) is 4.47 Å². The zero-order chi connectivity index (χ0) is 14.9. The molecule has 1 N–H and O–H groups in total. The van der Waals surface area contributed by atoms with E-state index in [0.29, 0.717) is 5.69 Å². The summed E-state index contributed by atoms with van der Waals surface area (Å²) in [5.41, 5.74) is -0.590. The molecule has 0 fully saturated rings. The van der Waals surface area contributed by atoms with Gasteiger partial charge in [0.1, 0.15) is 5.60 Å². The number of carbonyl (C=O) groups excluding carboxylic acids is 1. The first-order valence-corrected chi connectivity index (χ1v) is 6.74. The second kappa shape index (κ2) is 5.24. The number of carbonyl (C=O) groups is 1. The van der Waals surface area contributed by atoms with Crippen molar-refractivity contribution in [3.63, 3.8) is 0 Å². The Bertz CT molecular complexity index is 697. The molecule has 0 amide bonds. The van der Waals surface area contributed by atoms with Crippen molar-refractivity contribution in [3.05, 3.63) is 45.0 Å². The number of aromatic amines is 1. The van der Waals surface area contributed by atoms with Gasteiger partial charge in [-0.3, -0.25) is 4.98 Å². The van der Waals surface area contributed by atoms with Gasteiger partial charge < -0.3 is 4.74 Å². The topological polar surface area (TPSA) is 77.0 Å². The third-order valence-corrected chi connectivity index (χ3v) is 2.76. The normalized spacial score (nSPS) is 11.4. The van der Waals surface area contributed by atoms with Crippen LogP contribution in [-0.4, -0.2) is 26.3 Å². The van der Waals surface area contributed by atoms with Gasteiger partial charge in [0.25, 0.3) is 0 Å². The summed E-state index contributed by atoms with van der Waals surface area (Å²) in [4.78, 5) is 26.1. The Labute approximate surface area is 123 Å². The lowest BCUT2D eigenvalue weighted by Crippen LogP contribution is -2.24. The molecule has 7 heteroatoms. The first-order chi connectivity index (χ1) is 9.26. The Morgan fingerprint density at radius 3 is 2.70 bits per heavy atom. The lowest BCUT2D eigenvalue weighted by molar-refractivity contribution is 0.00557. The van der Waals surface area contributed by atoms with Crippen molar-refractivity contribution in [1.82, 2.24) is 14.8 Å². The van der Waals surface area contributed by atoms with Crippen LogP contribution in [0.3, 0.4) is 0 Å². The number of rotatable bonds is 2. The fraction of sp³-hybridized carbons (Fsp3) is 0.308. The van der Waals surface area contributed by atoms with Gasteiger partial charge in [0.2, 0.25) is 5.82 Å². The Morgan fingerprint density at radius 1 is 1.40 bits per heavy atom. The van der Waals surface area contributed by atoms with E-state index in [1.165, 1.54) is 0 Å². The highest BCUT2D eigenvalue weighted by Crippen LogP contribution is 2.14. The first kappa shape index (κ1) is 14.5. The van der Waals surface area contributed by atoms with E-state index >= 15 is 0 Å². The van der Waals surface area contributed by atoms with Gasteiger partial charge in [0.15, 0.2) is 0 Å². The molecule has 0 saturated carbocycles. The number of ether oxygens (including phenoxy) is 1. The van der Waals surface area contributed by atoms with E-state index in [1.807, 2.05) is 6.07 Å². The zero-order valence-corrected chi connectivity index (χ0v) is 12.9. The molecule has 0 saturated heterocycles. The molecular weight excluding hydrogens is 326 g/mol. The Kier molecular flexibility index (Phi) is 3.80. The molecule has 0 aliphatic heterocycles. The van der Waals surface area contributed by atoms with E-state index in [1.54, 1.807) is 39.0 Å². The number of H-pyrrole nitrogens is 1. The maximum absolute atomic E-state index is 11.8. The fourth-order valence-electron chi connectivity index (χ4n) is 1.53. The molecule has 0 atom stereocenters. The number of hydrogen-bond acceptors (Lipinski definition) is 4. The van der Waals surface area contributed by atoms with E-state index in [-0.39, 0.29) is 5.82 Å². The van der Waals surface area contributed by atoms with Gasteiger partial charge in [-0.15, -0.1) is 5.10 Å². The minimum atomic E-state index is -0.664. The number of aromatic nitrogens is 3. The maximum Gasteiger partial charge on any atom is 0.376 e. The van der Waals surface area contributed by atoms with Crippen molar-refractivity contribution < 1.29 is 9.53 Å². The summed E-state index contributed by atoms with van der Waals surface area (Å²) in [6.07, 6.45) is 0. The molecule has 0 spiro atoms. The van der Waals surface area contributed by atoms with Crippen molar-refractivity contribution in [2.24, 2.45) is 0 Å². The van der Waals surface area contributed by atoms with Gasteiger partial charge >= 0.3 is 11.7 Å². The molecule has 1 aromatic heterocycles. The Morgan fingerprint density at radius 2 is 2.10 bits per heavy atom. The lowest BCUT2D eigenvalue weighted by atomic mass is 10.2. The molecule has 106 valence electrons. The second-order valence-corrected chi connectivity index (χ2v) is 6.09. The van der Waals surface area contributed by atoms with Crippen molar-refractivity contribution in [2.75, 3.05) is 0 Å². The van der Waals surface area contributed by atoms with Crippen molar-refractivity contribution >= 4 is 21.9 Å². The van der Waals surface area contributed by atoms with Crippen LogP contribution in [0.2, 0.25) is 0 Å². The molecule has 6 nitrogen and oxygen atoms in total. The predicted octanol–water partition coefficient (Wildman–Crippen LogP) is 2.28. The van der Waals surface area contributed by atoms with Crippen LogP contribution in [0.25, 0.3) is 5.69 Å². The van der Waals surface area contributed by atoms with Crippen LogP contribution in [0.5, 0.6) is 0 Å². The number of nitrogens with one attached hydrogen (secondary N) is 1. The summed E-state index contributed by atoms with van der Waals surface area (Å²) < 4.78 is 7.08. The molecule has 1 aromatic carbocycles. The molecule has 20 heavy (non-hydrogen) atoms. The smallest absolute Gasteiger partial charge is 0.376 e. The van der Waals surface area contributed by atoms with E-state index < -0.39 is 17.3 Å². The molecule has 2 aromatic rings. The SMILES string of the molecule is CC(C)(C)OC(=O)c1nn(-c2cccc(Br)c2)c(=O)[nH]1. The molecule has 0 aliphatic carbocycles. The largest absolute Gasteiger partial charge is 0.454 e. The van der Waals surface area contributed by atoms with E-state index in [4.69, 9.17) is 4.74 Å². The van der Waals surface area contributed by atoms with Crippen LogP contribution < -0.4 is 5.69 Å². The highest BCUT2D eigenvalue weighted by atomic mass is 79.9. The Hall–Kier alpha value is -1.89. The van der Waals surface area contributed by atoms with Crippen LogP contribution in [-0.2, 0) is 4.74 Å². The second-order valence-electron chi connectivity index (χ2n) is 5.17. The van der Waals surface area contributed by atoms with Crippen molar-refractivity contribution in [3.8, 4) is 5.69 Å². The van der Waals surface area contributed by atoms with E-state index in [9.17, 15) is 9.59 Å². The van der Waals surface area contributed by atoms with Crippen molar-refractivity contribution in [2.45, 2.75) is 26.4 Å². The number of benzene rings is 1. The summed E-state index contributed by atoms with van der Waals surface area (Å²) in [6.45, 7) is 5.23. The zero-order valence-electron chi connectivity index (χ0n) is 11.3. The third kappa shape index (κ3) is 3.36. The Balaban J connectivity index is 2.35. The number of esters is 1. The molecule has 2 rings (SSSR count). The van der Waals surface area contributed by atoms with Crippen LogP contribution in [0.15, 0.2) is 33.5 Å². The third-order valence-electron chi connectivity index (χ3n) is 2.26. The average Bonchev–Trinajstić information content (AvgIpc) is 2.69.